The molecule has 0 unspecified atom stereocenters. The summed E-state index contributed by atoms with van der Waals surface area (Å²) in [4.78, 5) is 4.80. The Morgan fingerprint density at radius 2 is 1.43 bits per heavy atom. The normalized spacial score (nSPS) is 10.8. The van der Waals surface area contributed by atoms with Crippen LogP contribution in [0.25, 0.3) is 33.3 Å². The molecule has 0 radical (unpaired) electrons. The zero-order valence-electron chi connectivity index (χ0n) is 12.4. The molecule has 0 atom stereocenters. The van der Waals surface area contributed by atoms with Gasteiger partial charge in [-0.25, -0.2) is 4.98 Å². The summed E-state index contributed by atoms with van der Waals surface area (Å²) in [7, 11) is 0. The van der Waals surface area contributed by atoms with Crippen molar-refractivity contribution >= 4 is 26.8 Å². The Morgan fingerprint density at radius 1 is 0.609 bits per heavy atom. The lowest BCUT2D eigenvalue weighted by molar-refractivity contribution is 1.39. The van der Waals surface area contributed by atoms with E-state index < -0.39 is 0 Å². The van der Waals surface area contributed by atoms with E-state index in [0.717, 1.165) is 26.6 Å². The van der Waals surface area contributed by atoms with Gasteiger partial charge in [-0.1, -0.05) is 70.5 Å². The molecule has 23 heavy (non-hydrogen) atoms. The van der Waals surface area contributed by atoms with Crippen molar-refractivity contribution in [2.24, 2.45) is 0 Å². The Kier molecular flexibility index (Phi) is 3.68. The topological polar surface area (TPSA) is 12.9 Å². The number of nitrogens with zero attached hydrogens (tertiary/aromatic N) is 1. The smallest absolute Gasteiger partial charge is 0.0710 e. The third kappa shape index (κ3) is 2.90. The lowest BCUT2D eigenvalue weighted by atomic mass is 10.0. The number of rotatable bonds is 2. The number of hydrogen-bond donors (Lipinski definition) is 0. The monoisotopic (exact) mass is 359 g/mol. The second-order valence-electron chi connectivity index (χ2n) is 5.48. The van der Waals surface area contributed by atoms with Gasteiger partial charge in [0.1, 0.15) is 0 Å². The zero-order valence-corrected chi connectivity index (χ0v) is 14.0. The van der Waals surface area contributed by atoms with Crippen molar-refractivity contribution in [3.63, 3.8) is 0 Å². The highest BCUT2D eigenvalue weighted by Gasteiger charge is 2.04. The maximum absolute atomic E-state index is 4.80. The molecule has 0 saturated heterocycles. The minimum absolute atomic E-state index is 0.992. The van der Waals surface area contributed by atoms with E-state index in [1.807, 2.05) is 18.2 Å². The highest BCUT2D eigenvalue weighted by atomic mass is 79.9. The first-order chi connectivity index (χ1) is 11.3. The predicted octanol–water partition coefficient (Wildman–Crippen LogP) is 6.33. The van der Waals surface area contributed by atoms with Gasteiger partial charge in [-0.15, -0.1) is 0 Å². The summed E-state index contributed by atoms with van der Waals surface area (Å²) in [6, 6.07) is 29.3. The molecular weight excluding hydrogens is 346 g/mol. The van der Waals surface area contributed by atoms with Gasteiger partial charge in [-0.2, -0.15) is 0 Å². The summed E-state index contributed by atoms with van der Waals surface area (Å²) in [5, 5.41) is 1.16. The quantitative estimate of drug-likeness (QED) is 0.407. The summed E-state index contributed by atoms with van der Waals surface area (Å²) >= 11 is 3.52. The molecule has 1 heterocycles. The molecule has 1 aromatic heterocycles. The van der Waals surface area contributed by atoms with Gasteiger partial charge in [0.15, 0.2) is 0 Å². The molecule has 3 aromatic carbocycles. The van der Waals surface area contributed by atoms with E-state index in [4.69, 9.17) is 4.98 Å². The van der Waals surface area contributed by atoms with E-state index in [0.29, 0.717) is 0 Å². The van der Waals surface area contributed by atoms with E-state index in [2.05, 4.69) is 82.7 Å². The van der Waals surface area contributed by atoms with Gasteiger partial charge in [-0.05, 0) is 41.5 Å². The van der Waals surface area contributed by atoms with E-state index in [1.54, 1.807) is 0 Å². The second kappa shape index (κ2) is 5.98. The fourth-order valence-corrected chi connectivity index (χ4v) is 3.14. The fraction of sp³-hybridized carbons (Fsp3) is 0. The van der Waals surface area contributed by atoms with Crippen molar-refractivity contribution in [3.8, 4) is 22.4 Å². The van der Waals surface area contributed by atoms with Gasteiger partial charge < -0.3 is 0 Å². The average molecular weight is 360 g/mol. The van der Waals surface area contributed by atoms with E-state index >= 15 is 0 Å². The maximum atomic E-state index is 4.80. The molecule has 2 heteroatoms. The first-order valence-electron chi connectivity index (χ1n) is 7.52. The molecule has 0 saturated carbocycles. The van der Waals surface area contributed by atoms with Crippen LogP contribution in [0.4, 0.5) is 0 Å². The highest BCUT2D eigenvalue weighted by molar-refractivity contribution is 9.10. The van der Waals surface area contributed by atoms with E-state index in [9.17, 15) is 0 Å². The first kappa shape index (κ1) is 14.2. The molecule has 4 rings (SSSR count). The molecule has 0 aliphatic heterocycles. The van der Waals surface area contributed by atoms with Gasteiger partial charge in [0, 0.05) is 15.4 Å². The highest BCUT2D eigenvalue weighted by Crippen LogP contribution is 2.27. The largest absolute Gasteiger partial charge is 0.248 e. The van der Waals surface area contributed by atoms with Gasteiger partial charge in [-0.3, -0.25) is 0 Å². The van der Waals surface area contributed by atoms with Crippen LogP contribution in [0.3, 0.4) is 0 Å². The summed E-state index contributed by atoms with van der Waals surface area (Å²) in [6.45, 7) is 0. The summed E-state index contributed by atoms with van der Waals surface area (Å²) < 4.78 is 1.07. The molecular formula is C21H14BrN. The third-order valence-electron chi connectivity index (χ3n) is 3.92. The van der Waals surface area contributed by atoms with Crippen molar-refractivity contribution in [1.82, 2.24) is 4.98 Å². The number of fused-ring (bicyclic) bond motifs is 1. The van der Waals surface area contributed by atoms with Gasteiger partial charge in [0.25, 0.3) is 0 Å². The molecule has 0 N–H and O–H groups in total. The zero-order chi connectivity index (χ0) is 15.6. The minimum atomic E-state index is 0.992. The Labute approximate surface area is 143 Å². The number of pyridine rings is 1. The SMILES string of the molecule is Brc1cccc(-c2ccc3cc(-c4ccccc4)ccc3n2)c1. The lowest BCUT2D eigenvalue weighted by Gasteiger charge is -2.06. The van der Waals surface area contributed by atoms with Crippen LogP contribution in [0.5, 0.6) is 0 Å². The number of aromatic nitrogens is 1. The average Bonchev–Trinajstić information content (AvgIpc) is 2.61. The molecule has 0 amide bonds. The van der Waals surface area contributed by atoms with Gasteiger partial charge in [0.2, 0.25) is 0 Å². The molecule has 0 aliphatic rings. The Balaban J connectivity index is 1.79. The van der Waals surface area contributed by atoms with Crippen LogP contribution in [0, 0.1) is 0 Å². The van der Waals surface area contributed by atoms with Crippen LogP contribution >= 0.6 is 15.9 Å². The third-order valence-corrected chi connectivity index (χ3v) is 4.41. The summed E-state index contributed by atoms with van der Waals surface area (Å²) in [5.74, 6) is 0. The minimum Gasteiger partial charge on any atom is -0.248 e. The van der Waals surface area contributed by atoms with Gasteiger partial charge in [0.05, 0.1) is 11.2 Å². The molecule has 110 valence electrons. The molecule has 4 aromatic rings. The van der Waals surface area contributed by atoms with Crippen LogP contribution in [0.2, 0.25) is 0 Å². The summed E-state index contributed by atoms with van der Waals surface area (Å²) in [6.07, 6.45) is 0. The Bertz CT molecular complexity index is 977. The van der Waals surface area contributed by atoms with E-state index in [-0.39, 0.29) is 0 Å². The van der Waals surface area contributed by atoms with Crippen molar-refractivity contribution in [2.75, 3.05) is 0 Å². The van der Waals surface area contributed by atoms with Crippen molar-refractivity contribution in [3.05, 3.63) is 89.4 Å². The molecule has 0 aliphatic carbocycles. The number of benzene rings is 3. The lowest BCUT2D eigenvalue weighted by Crippen LogP contribution is -1.86. The standard InChI is InChI=1S/C21H14BrN/c22-19-8-4-7-17(14-19)20-12-10-18-13-16(9-11-21(18)23-20)15-5-2-1-3-6-15/h1-14H. The van der Waals surface area contributed by atoms with Crippen LogP contribution in [-0.2, 0) is 0 Å². The van der Waals surface area contributed by atoms with Crippen LogP contribution in [-0.4, -0.2) is 4.98 Å². The first-order valence-corrected chi connectivity index (χ1v) is 8.31. The van der Waals surface area contributed by atoms with Crippen molar-refractivity contribution in [1.29, 1.82) is 0 Å². The van der Waals surface area contributed by atoms with Crippen LogP contribution in [0.1, 0.15) is 0 Å². The van der Waals surface area contributed by atoms with Crippen LogP contribution in [0.15, 0.2) is 89.4 Å². The Hall–Kier alpha value is -2.45. The Morgan fingerprint density at radius 3 is 2.26 bits per heavy atom. The fourth-order valence-electron chi connectivity index (χ4n) is 2.74. The van der Waals surface area contributed by atoms with Crippen molar-refractivity contribution in [2.45, 2.75) is 0 Å². The van der Waals surface area contributed by atoms with Crippen molar-refractivity contribution < 1.29 is 0 Å². The second-order valence-corrected chi connectivity index (χ2v) is 6.40. The number of hydrogen-bond acceptors (Lipinski definition) is 1. The molecule has 0 fully saturated rings. The molecule has 0 spiro atoms. The maximum Gasteiger partial charge on any atom is 0.0710 e. The van der Waals surface area contributed by atoms with E-state index in [1.165, 1.54) is 11.1 Å². The predicted molar refractivity (Wildman–Crippen MR) is 100 cm³/mol. The van der Waals surface area contributed by atoms with Crippen LogP contribution < -0.4 is 0 Å². The van der Waals surface area contributed by atoms with Gasteiger partial charge >= 0.3 is 0 Å². The number of halogens is 1. The molecule has 0 bridgehead atoms. The molecule has 1 nitrogen and oxygen atoms in total. The summed E-state index contributed by atoms with van der Waals surface area (Å²) in [5.41, 5.74) is 5.57.